The summed E-state index contributed by atoms with van der Waals surface area (Å²) in [4.78, 5) is 0. The Morgan fingerprint density at radius 1 is 0.818 bits per heavy atom. The van der Waals surface area contributed by atoms with E-state index in [0.29, 0.717) is 0 Å². The van der Waals surface area contributed by atoms with Crippen LogP contribution in [0.5, 0.6) is 0 Å². The normalized spacial score (nSPS) is 9.27. The molecule has 0 aliphatic carbocycles. The molecule has 0 saturated carbocycles. The van der Waals surface area contributed by atoms with Crippen molar-refractivity contribution in [2.75, 3.05) is 24.6 Å². The van der Waals surface area contributed by atoms with Crippen LogP contribution in [0.4, 0.5) is 0 Å². The molecule has 0 amide bonds. The molecule has 11 heavy (non-hydrogen) atoms. The van der Waals surface area contributed by atoms with Gasteiger partial charge in [-0.3, -0.25) is 0 Å². The second kappa shape index (κ2) is 14.2. The lowest BCUT2D eigenvalue weighted by Gasteiger charge is -1.95. The summed E-state index contributed by atoms with van der Waals surface area (Å²) in [6, 6.07) is 0. The Hall–Kier alpha value is 1.61. The molecule has 7 heteroatoms. The van der Waals surface area contributed by atoms with Gasteiger partial charge in [-0.25, -0.2) is 0 Å². The molecular formula is C4H13ClN2S4. The maximum Gasteiger partial charge on any atom is 0.0169 e. The van der Waals surface area contributed by atoms with Crippen LogP contribution in [-0.4, -0.2) is 24.6 Å². The molecule has 0 saturated heterocycles. The number of hydrogen-bond donors (Lipinski definition) is 2. The molecule has 0 bridgehead atoms. The monoisotopic (exact) mass is 252 g/mol. The van der Waals surface area contributed by atoms with E-state index >= 15 is 0 Å². The third-order valence-electron chi connectivity index (χ3n) is 0.526. The van der Waals surface area contributed by atoms with Crippen LogP contribution in [0, 0.1) is 0 Å². The summed E-state index contributed by atoms with van der Waals surface area (Å²) >= 11 is 0. The number of nitrogens with two attached hydrogens (primary N) is 2. The molecule has 0 aliphatic heterocycles. The first-order chi connectivity index (χ1) is 4.91. The van der Waals surface area contributed by atoms with Crippen LogP contribution >= 0.6 is 53.6 Å². The third-order valence-corrected chi connectivity index (χ3v) is 7.06. The zero-order valence-corrected chi connectivity index (χ0v) is 10.1. The Kier molecular flexibility index (Phi) is 19.4. The molecule has 0 unspecified atom stereocenters. The lowest BCUT2D eigenvalue weighted by Crippen LogP contribution is -2.00. The van der Waals surface area contributed by atoms with Gasteiger partial charge in [-0.05, 0) is 19.7 Å². The molecule has 0 heterocycles. The summed E-state index contributed by atoms with van der Waals surface area (Å²) in [5.41, 5.74) is 10.6. The summed E-state index contributed by atoms with van der Waals surface area (Å²) < 4.78 is 0. The van der Waals surface area contributed by atoms with Crippen LogP contribution < -0.4 is 11.5 Å². The fourth-order valence-corrected chi connectivity index (χ4v) is 5.89. The highest BCUT2D eigenvalue weighted by Gasteiger charge is 1.89. The summed E-state index contributed by atoms with van der Waals surface area (Å²) in [7, 11) is 7.15. The second-order valence-corrected chi connectivity index (χ2v) is 7.60. The van der Waals surface area contributed by atoms with Crippen molar-refractivity contribution >= 4 is 53.6 Å². The standard InChI is InChI=1S/C4H12N2S4.ClH/c5-1-3-7-9-10-8-4-2-6;/h1-6H2;1H. The van der Waals surface area contributed by atoms with Crippen LogP contribution in [0.25, 0.3) is 0 Å². The van der Waals surface area contributed by atoms with E-state index in [2.05, 4.69) is 0 Å². The molecule has 0 aromatic heterocycles. The molecule has 0 aromatic carbocycles. The van der Waals surface area contributed by atoms with E-state index in [1.54, 1.807) is 41.2 Å². The molecule has 0 aromatic rings. The van der Waals surface area contributed by atoms with Gasteiger partial charge in [-0.2, -0.15) is 0 Å². The molecular weight excluding hydrogens is 240 g/mol. The fourth-order valence-electron chi connectivity index (χ4n) is 0.204. The molecule has 4 N–H and O–H groups in total. The second-order valence-electron chi connectivity index (χ2n) is 1.36. The van der Waals surface area contributed by atoms with Crippen molar-refractivity contribution < 1.29 is 0 Å². The minimum Gasteiger partial charge on any atom is -0.330 e. The van der Waals surface area contributed by atoms with E-state index in [1.807, 2.05) is 0 Å². The number of hydrogen-bond acceptors (Lipinski definition) is 6. The molecule has 0 radical (unpaired) electrons. The van der Waals surface area contributed by atoms with Crippen molar-refractivity contribution in [1.82, 2.24) is 0 Å². The predicted molar refractivity (Wildman–Crippen MR) is 65.5 cm³/mol. The highest BCUT2D eigenvalue weighted by molar-refractivity contribution is 9.26. The molecule has 0 atom stereocenters. The average Bonchev–Trinajstić information content (AvgIpc) is 1.97. The molecule has 0 rings (SSSR count). The van der Waals surface area contributed by atoms with Gasteiger partial charge in [0.15, 0.2) is 0 Å². The predicted octanol–water partition coefficient (Wildman–Crippen LogP) is 2.00. The first-order valence-electron chi connectivity index (χ1n) is 2.89. The molecule has 2 nitrogen and oxygen atoms in total. The topological polar surface area (TPSA) is 52.0 Å². The highest BCUT2D eigenvalue weighted by atomic mass is 35.5. The smallest absolute Gasteiger partial charge is 0.0169 e. The van der Waals surface area contributed by atoms with Gasteiger partial charge in [0.2, 0.25) is 0 Å². The fraction of sp³-hybridized carbons (Fsp3) is 1.00. The van der Waals surface area contributed by atoms with E-state index in [1.165, 1.54) is 0 Å². The molecule has 0 spiro atoms. The minimum atomic E-state index is 0. The lowest BCUT2D eigenvalue weighted by atomic mass is 10.8. The number of halogens is 1. The largest absolute Gasteiger partial charge is 0.330 e. The Balaban J connectivity index is 0. The van der Waals surface area contributed by atoms with E-state index in [0.717, 1.165) is 24.6 Å². The van der Waals surface area contributed by atoms with Crippen LogP contribution in [-0.2, 0) is 0 Å². The Bertz CT molecular complexity index is 60.1. The van der Waals surface area contributed by atoms with Gasteiger partial charge in [0, 0.05) is 24.6 Å². The van der Waals surface area contributed by atoms with Crippen molar-refractivity contribution in [3.63, 3.8) is 0 Å². The Morgan fingerprint density at radius 3 is 1.45 bits per heavy atom. The van der Waals surface area contributed by atoms with Crippen molar-refractivity contribution in [3.8, 4) is 0 Å². The van der Waals surface area contributed by atoms with Gasteiger partial charge in [0.05, 0.1) is 0 Å². The summed E-state index contributed by atoms with van der Waals surface area (Å²) in [6.07, 6.45) is 0. The van der Waals surface area contributed by atoms with Gasteiger partial charge in [0.25, 0.3) is 0 Å². The van der Waals surface area contributed by atoms with Crippen LogP contribution in [0.1, 0.15) is 0 Å². The van der Waals surface area contributed by atoms with Crippen molar-refractivity contribution in [2.45, 2.75) is 0 Å². The first kappa shape index (κ1) is 15.1. The van der Waals surface area contributed by atoms with Gasteiger partial charge in [0.1, 0.15) is 0 Å². The quantitative estimate of drug-likeness (QED) is 0.534. The van der Waals surface area contributed by atoms with E-state index < -0.39 is 0 Å². The Labute approximate surface area is 89.4 Å². The zero-order valence-electron chi connectivity index (χ0n) is 6.02. The third kappa shape index (κ3) is 14.5. The van der Waals surface area contributed by atoms with E-state index in [-0.39, 0.29) is 12.4 Å². The maximum atomic E-state index is 5.30. The van der Waals surface area contributed by atoms with Gasteiger partial charge < -0.3 is 11.5 Å². The number of rotatable bonds is 7. The summed E-state index contributed by atoms with van der Waals surface area (Å²) in [5, 5.41) is 0. The molecule has 0 aliphatic rings. The van der Waals surface area contributed by atoms with E-state index in [4.69, 9.17) is 11.5 Å². The Morgan fingerprint density at radius 2 is 1.18 bits per heavy atom. The average molecular weight is 253 g/mol. The van der Waals surface area contributed by atoms with Gasteiger partial charge >= 0.3 is 0 Å². The maximum absolute atomic E-state index is 5.30. The zero-order chi connectivity index (χ0) is 7.66. The highest BCUT2D eigenvalue weighted by Crippen LogP contribution is 2.42. The SMILES string of the molecule is Cl.NCCSSSSCCN. The summed E-state index contributed by atoms with van der Waals surface area (Å²) in [6.45, 7) is 1.53. The van der Waals surface area contributed by atoms with Crippen LogP contribution in [0.2, 0.25) is 0 Å². The molecule has 0 fully saturated rings. The van der Waals surface area contributed by atoms with Gasteiger partial charge in [-0.1, -0.05) is 21.6 Å². The van der Waals surface area contributed by atoms with E-state index in [9.17, 15) is 0 Å². The van der Waals surface area contributed by atoms with Crippen molar-refractivity contribution in [1.29, 1.82) is 0 Å². The van der Waals surface area contributed by atoms with Crippen molar-refractivity contribution in [2.24, 2.45) is 11.5 Å². The van der Waals surface area contributed by atoms with Crippen LogP contribution in [0.15, 0.2) is 0 Å². The molecule has 70 valence electrons. The van der Waals surface area contributed by atoms with Crippen molar-refractivity contribution in [3.05, 3.63) is 0 Å². The lowest BCUT2D eigenvalue weighted by molar-refractivity contribution is 1.16. The first-order valence-corrected chi connectivity index (χ1v) is 8.05. The minimum absolute atomic E-state index is 0. The summed E-state index contributed by atoms with van der Waals surface area (Å²) in [5.74, 6) is 2.06. The van der Waals surface area contributed by atoms with Gasteiger partial charge in [-0.15, -0.1) is 12.4 Å². The van der Waals surface area contributed by atoms with Crippen LogP contribution in [0.3, 0.4) is 0 Å².